The Hall–Kier alpha value is -1.70. The van der Waals surface area contributed by atoms with Crippen molar-refractivity contribution in [1.29, 1.82) is 0 Å². The van der Waals surface area contributed by atoms with E-state index in [2.05, 4.69) is 21.2 Å². The lowest BCUT2D eigenvalue weighted by Crippen LogP contribution is -2.30. The van der Waals surface area contributed by atoms with E-state index in [0.717, 1.165) is 34.9 Å². The minimum atomic E-state index is -0.462. The van der Waals surface area contributed by atoms with Crippen LogP contribution in [0.2, 0.25) is 0 Å². The number of rotatable bonds is 6. The number of anilines is 1. The first-order valence-electron chi connectivity index (χ1n) is 8.12. The molecule has 1 aromatic heterocycles. The Bertz CT molecular complexity index is 819. The van der Waals surface area contributed by atoms with E-state index < -0.39 is 5.91 Å². The van der Waals surface area contributed by atoms with E-state index in [1.54, 1.807) is 0 Å². The molecular formula is C18H20BrN3O2S. The van der Waals surface area contributed by atoms with Crippen molar-refractivity contribution in [1.82, 2.24) is 4.90 Å². The molecule has 0 radical (unpaired) electrons. The van der Waals surface area contributed by atoms with Gasteiger partial charge in [0.2, 0.25) is 5.91 Å². The fourth-order valence-electron chi connectivity index (χ4n) is 3.14. The largest absolute Gasteiger partial charge is 0.365 e. The zero-order valence-electron chi connectivity index (χ0n) is 14.0. The average molecular weight is 422 g/mol. The van der Waals surface area contributed by atoms with Gasteiger partial charge in [-0.25, -0.2) is 0 Å². The normalized spacial score (nSPS) is 13.1. The molecule has 0 atom stereocenters. The standard InChI is InChI=1S/C18H20BrN3O2S/c1-22(9-11-5-2-3-7-13(11)19)10-15(23)21-18-16(17(20)24)12-6-4-8-14(12)25-18/h2-3,5,7H,4,6,8-10H2,1H3,(H2,20,24)(H,21,23). The predicted molar refractivity (Wildman–Crippen MR) is 104 cm³/mol. The molecule has 0 saturated carbocycles. The van der Waals surface area contributed by atoms with E-state index in [9.17, 15) is 9.59 Å². The molecule has 0 bridgehead atoms. The summed E-state index contributed by atoms with van der Waals surface area (Å²) in [5, 5.41) is 3.47. The van der Waals surface area contributed by atoms with Crippen LogP contribution in [-0.2, 0) is 24.2 Å². The van der Waals surface area contributed by atoms with Crippen LogP contribution in [0.25, 0.3) is 0 Å². The predicted octanol–water partition coefficient (Wildman–Crippen LogP) is 3.17. The number of primary amides is 1. The number of thiophene rings is 1. The van der Waals surface area contributed by atoms with Crippen LogP contribution in [0.3, 0.4) is 0 Å². The number of hydrogen-bond acceptors (Lipinski definition) is 4. The molecule has 0 spiro atoms. The van der Waals surface area contributed by atoms with Crippen LogP contribution in [0.1, 0.15) is 32.8 Å². The van der Waals surface area contributed by atoms with Gasteiger partial charge in [0, 0.05) is 15.9 Å². The lowest BCUT2D eigenvalue weighted by molar-refractivity contribution is -0.117. The second-order valence-corrected chi connectivity index (χ2v) is 8.20. The molecule has 7 heteroatoms. The molecule has 0 fully saturated rings. The van der Waals surface area contributed by atoms with Gasteiger partial charge in [0.05, 0.1) is 12.1 Å². The van der Waals surface area contributed by atoms with Crippen molar-refractivity contribution in [2.24, 2.45) is 5.73 Å². The van der Waals surface area contributed by atoms with Gasteiger partial charge in [-0.2, -0.15) is 0 Å². The number of nitrogens with one attached hydrogen (secondary N) is 1. The number of carbonyl (C=O) groups is 2. The number of fused-ring (bicyclic) bond motifs is 1. The summed E-state index contributed by atoms with van der Waals surface area (Å²) >= 11 is 5.00. The van der Waals surface area contributed by atoms with Crippen molar-refractivity contribution in [2.75, 3.05) is 18.9 Å². The summed E-state index contributed by atoms with van der Waals surface area (Å²) < 4.78 is 1.02. The smallest absolute Gasteiger partial charge is 0.251 e. The fraction of sp³-hybridized carbons (Fsp3) is 0.333. The van der Waals surface area contributed by atoms with E-state index in [-0.39, 0.29) is 12.5 Å². The van der Waals surface area contributed by atoms with Crippen LogP contribution in [0.5, 0.6) is 0 Å². The van der Waals surface area contributed by atoms with Crippen molar-refractivity contribution in [3.8, 4) is 0 Å². The summed E-state index contributed by atoms with van der Waals surface area (Å²) in [5.74, 6) is -0.603. The second kappa shape index (κ2) is 7.68. The molecule has 0 unspecified atom stereocenters. The molecule has 1 aliphatic carbocycles. The average Bonchev–Trinajstić information content (AvgIpc) is 3.09. The van der Waals surface area contributed by atoms with Gasteiger partial charge in [-0.15, -0.1) is 11.3 Å². The third-order valence-corrected chi connectivity index (χ3v) is 6.21. The highest BCUT2D eigenvalue weighted by Gasteiger charge is 2.26. The Morgan fingerprint density at radius 3 is 2.80 bits per heavy atom. The summed E-state index contributed by atoms with van der Waals surface area (Å²) in [7, 11) is 1.89. The molecule has 1 aromatic carbocycles. The van der Waals surface area contributed by atoms with E-state index in [4.69, 9.17) is 5.73 Å². The minimum Gasteiger partial charge on any atom is -0.365 e. The maximum absolute atomic E-state index is 12.4. The quantitative estimate of drug-likeness (QED) is 0.751. The lowest BCUT2D eigenvalue weighted by Gasteiger charge is -2.17. The maximum Gasteiger partial charge on any atom is 0.251 e. The number of halogens is 1. The Kier molecular flexibility index (Phi) is 5.56. The number of hydrogen-bond donors (Lipinski definition) is 2. The second-order valence-electron chi connectivity index (χ2n) is 6.24. The van der Waals surface area contributed by atoms with E-state index in [1.165, 1.54) is 16.2 Å². The van der Waals surface area contributed by atoms with Crippen molar-refractivity contribution >= 4 is 44.1 Å². The monoisotopic (exact) mass is 421 g/mol. The van der Waals surface area contributed by atoms with Crippen LogP contribution in [0.4, 0.5) is 5.00 Å². The highest BCUT2D eigenvalue weighted by atomic mass is 79.9. The van der Waals surface area contributed by atoms with Gasteiger partial charge in [0.25, 0.3) is 5.91 Å². The van der Waals surface area contributed by atoms with Crippen LogP contribution in [0.15, 0.2) is 28.7 Å². The molecule has 2 amide bonds. The molecular weight excluding hydrogens is 402 g/mol. The molecule has 3 N–H and O–H groups in total. The summed E-state index contributed by atoms with van der Waals surface area (Å²) in [6, 6.07) is 7.94. The topological polar surface area (TPSA) is 75.4 Å². The van der Waals surface area contributed by atoms with Crippen LogP contribution >= 0.6 is 27.3 Å². The van der Waals surface area contributed by atoms with Gasteiger partial charge in [-0.3, -0.25) is 14.5 Å². The fourth-order valence-corrected chi connectivity index (χ4v) is 4.86. The number of benzene rings is 1. The molecule has 1 heterocycles. The SMILES string of the molecule is CN(CC(=O)Nc1sc2c(c1C(N)=O)CCC2)Cc1ccccc1Br. The van der Waals surface area contributed by atoms with Crippen molar-refractivity contribution < 1.29 is 9.59 Å². The highest BCUT2D eigenvalue weighted by molar-refractivity contribution is 9.10. The first-order valence-corrected chi connectivity index (χ1v) is 9.72. The molecule has 0 aliphatic heterocycles. The summed E-state index contributed by atoms with van der Waals surface area (Å²) in [4.78, 5) is 27.3. The van der Waals surface area contributed by atoms with Gasteiger partial charge in [-0.1, -0.05) is 34.1 Å². The number of amides is 2. The Morgan fingerprint density at radius 1 is 1.32 bits per heavy atom. The molecule has 5 nitrogen and oxygen atoms in total. The van der Waals surface area contributed by atoms with Gasteiger partial charge < -0.3 is 11.1 Å². The van der Waals surface area contributed by atoms with E-state index in [1.807, 2.05) is 36.2 Å². The number of nitrogens with zero attached hydrogens (tertiary/aromatic N) is 1. The van der Waals surface area contributed by atoms with Crippen molar-refractivity contribution in [3.63, 3.8) is 0 Å². The lowest BCUT2D eigenvalue weighted by atomic mass is 10.1. The maximum atomic E-state index is 12.4. The number of carbonyl (C=O) groups excluding carboxylic acids is 2. The Morgan fingerprint density at radius 2 is 2.08 bits per heavy atom. The van der Waals surface area contributed by atoms with Crippen LogP contribution < -0.4 is 11.1 Å². The number of aryl methyl sites for hydroxylation is 1. The third kappa shape index (κ3) is 4.11. The highest BCUT2D eigenvalue weighted by Crippen LogP contribution is 2.38. The zero-order chi connectivity index (χ0) is 18.0. The van der Waals surface area contributed by atoms with Crippen LogP contribution in [-0.4, -0.2) is 30.3 Å². The Balaban J connectivity index is 1.65. The zero-order valence-corrected chi connectivity index (χ0v) is 16.4. The van der Waals surface area contributed by atoms with Crippen LogP contribution in [0, 0.1) is 0 Å². The first-order chi connectivity index (χ1) is 12.0. The molecule has 2 aromatic rings. The molecule has 0 saturated heterocycles. The van der Waals surface area contributed by atoms with Gasteiger partial charge in [0.1, 0.15) is 5.00 Å². The summed E-state index contributed by atoms with van der Waals surface area (Å²) in [6.45, 7) is 0.889. The minimum absolute atomic E-state index is 0.142. The third-order valence-electron chi connectivity index (χ3n) is 4.23. The van der Waals surface area contributed by atoms with Crippen molar-refractivity contribution in [3.05, 3.63) is 50.3 Å². The summed E-state index contributed by atoms with van der Waals surface area (Å²) in [6.07, 6.45) is 2.87. The number of likely N-dealkylation sites (N-methyl/N-ethyl adjacent to an activating group) is 1. The molecule has 1 aliphatic rings. The molecule has 3 rings (SSSR count). The molecule has 132 valence electrons. The van der Waals surface area contributed by atoms with Gasteiger partial charge >= 0.3 is 0 Å². The first kappa shape index (κ1) is 18.1. The van der Waals surface area contributed by atoms with E-state index >= 15 is 0 Å². The Labute approximate surface area is 159 Å². The summed E-state index contributed by atoms with van der Waals surface area (Å²) in [5.41, 5.74) is 8.17. The van der Waals surface area contributed by atoms with Gasteiger partial charge in [0.15, 0.2) is 0 Å². The van der Waals surface area contributed by atoms with Crippen molar-refractivity contribution in [2.45, 2.75) is 25.8 Å². The van der Waals surface area contributed by atoms with Gasteiger partial charge in [-0.05, 0) is 43.5 Å². The van der Waals surface area contributed by atoms with E-state index in [0.29, 0.717) is 17.1 Å². The molecule has 25 heavy (non-hydrogen) atoms. The number of nitrogens with two attached hydrogens (primary N) is 1.